The van der Waals surface area contributed by atoms with Crippen LogP contribution < -0.4 is 0 Å². The second kappa shape index (κ2) is 13.9. The van der Waals surface area contributed by atoms with Crippen molar-refractivity contribution >= 4 is 37.4 Å². The Balaban J connectivity index is 5.26. The summed E-state index contributed by atoms with van der Waals surface area (Å²) in [6.45, 7) is 19.6. The minimum atomic E-state index is -2.75. The van der Waals surface area contributed by atoms with Gasteiger partial charge in [-0.3, -0.25) is 14.5 Å². The summed E-state index contributed by atoms with van der Waals surface area (Å²) in [5, 5.41) is 0. The Kier molecular flexibility index (Phi) is 13.6. The Hall–Kier alpha value is -0.569. The van der Waals surface area contributed by atoms with Crippen molar-refractivity contribution in [3.05, 3.63) is 0 Å². The number of likely N-dealkylation sites (N-methyl/N-ethyl adjacent to an activating group) is 1. The van der Waals surface area contributed by atoms with Gasteiger partial charge in [-0.1, -0.05) is 0 Å². The zero-order valence-corrected chi connectivity index (χ0v) is 24.3. The highest BCUT2D eigenvalue weighted by molar-refractivity contribution is 6.71. The zero-order chi connectivity index (χ0) is 24.3. The fourth-order valence-electron chi connectivity index (χ4n) is 3.03. The average Bonchev–Trinajstić information content (AvgIpc) is 2.57. The van der Waals surface area contributed by atoms with Gasteiger partial charge in [-0.25, -0.2) is 0 Å². The van der Waals surface area contributed by atoms with Gasteiger partial charge in [0.1, 0.15) is 6.04 Å². The van der Waals surface area contributed by atoms with Crippen LogP contribution >= 0.6 is 0 Å². The average molecular weight is 496 g/mol. The summed E-state index contributed by atoms with van der Waals surface area (Å²) < 4.78 is 29.0. The zero-order valence-electron chi connectivity index (χ0n) is 21.3. The van der Waals surface area contributed by atoms with Gasteiger partial charge in [-0.05, 0) is 80.1 Å². The largest absolute Gasteiger partial charge is 0.520 e. The molecule has 0 heterocycles. The highest BCUT2D eigenvalue weighted by atomic mass is 28.4. The molecular weight excluding hydrogens is 450 g/mol. The second-order valence-electron chi connectivity index (χ2n) is 9.41. The molecule has 0 saturated carbocycles. The molecule has 8 nitrogen and oxygen atoms in total. The van der Waals surface area contributed by atoms with Crippen molar-refractivity contribution in [1.29, 1.82) is 0 Å². The van der Waals surface area contributed by atoms with Crippen molar-refractivity contribution < 1.29 is 31.7 Å². The smallest absolute Gasteiger partial charge is 0.500 e. The quantitative estimate of drug-likeness (QED) is 0.298. The lowest BCUT2D eigenvalue weighted by molar-refractivity contribution is -0.147. The molecule has 0 aromatic rings. The Morgan fingerprint density at radius 1 is 0.806 bits per heavy atom. The van der Waals surface area contributed by atoms with Crippen LogP contribution in [0.4, 0.5) is 0 Å². The first-order valence-corrected chi connectivity index (χ1v) is 20.0. The van der Waals surface area contributed by atoms with Crippen LogP contribution in [0.5, 0.6) is 0 Å². The number of hydrogen-bond acceptors (Lipinski definition) is 8. The molecule has 31 heavy (non-hydrogen) atoms. The number of rotatable bonds is 16. The van der Waals surface area contributed by atoms with Crippen LogP contribution in [0.25, 0.3) is 0 Å². The third kappa shape index (κ3) is 13.5. The molecule has 0 aliphatic carbocycles. The predicted molar refractivity (Wildman–Crippen MR) is 130 cm³/mol. The van der Waals surface area contributed by atoms with Crippen LogP contribution in [0.15, 0.2) is 0 Å². The maximum Gasteiger partial charge on any atom is 0.500 e. The topological polar surface area (TPSA) is 83.5 Å². The molecule has 0 aliphatic rings. The molecule has 0 fully saturated rings. The van der Waals surface area contributed by atoms with Gasteiger partial charge in [0.2, 0.25) is 16.6 Å². The molecule has 0 rings (SSSR count). The lowest BCUT2D eigenvalue weighted by Crippen LogP contribution is -2.48. The summed E-state index contributed by atoms with van der Waals surface area (Å²) >= 11 is 0. The highest BCUT2D eigenvalue weighted by Gasteiger charge is 2.40. The Morgan fingerprint density at radius 3 is 1.65 bits per heavy atom. The minimum absolute atomic E-state index is 0.0188. The van der Waals surface area contributed by atoms with Crippen molar-refractivity contribution in [3.63, 3.8) is 0 Å². The fourth-order valence-corrected chi connectivity index (χ4v) is 7.13. The maximum absolute atomic E-state index is 12.9. The van der Waals surface area contributed by atoms with E-state index < -0.39 is 31.5 Å². The van der Waals surface area contributed by atoms with Gasteiger partial charge in [0.25, 0.3) is 5.97 Å². The molecule has 1 unspecified atom stereocenters. The van der Waals surface area contributed by atoms with Gasteiger partial charge in [0.05, 0.1) is 6.42 Å². The SMILES string of the molecule is CCO[Si](CCCN(C)C(CC(=O)O[Si](C)(C)C)C(=O)O[Si](C)(C)C)(OCC)OCC. The van der Waals surface area contributed by atoms with E-state index in [-0.39, 0.29) is 18.4 Å². The van der Waals surface area contributed by atoms with Crippen LogP contribution in [0.1, 0.15) is 33.6 Å². The molecule has 184 valence electrons. The van der Waals surface area contributed by atoms with Gasteiger partial charge in [-0.15, -0.1) is 0 Å². The molecule has 11 heteroatoms. The summed E-state index contributed by atoms with van der Waals surface area (Å²) in [7, 11) is -5.04. The number of hydrogen-bond donors (Lipinski definition) is 0. The molecule has 0 saturated heterocycles. The van der Waals surface area contributed by atoms with E-state index in [0.717, 1.165) is 0 Å². The molecule has 0 radical (unpaired) electrons. The van der Waals surface area contributed by atoms with Crippen molar-refractivity contribution in [1.82, 2.24) is 4.90 Å². The van der Waals surface area contributed by atoms with Crippen molar-refractivity contribution in [3.8, 4) is 0 Å². The number of nitrogens with zero attached hydrogens (tertiary/aromatic N) is 1. The Labute approximate surface area is 192 Å². The molecule has 0 spiro atoms. The normalized spacial score (nSPS) is 13.9. The lowest BCUT2D eigenvalue weighted by Gasteiger charge is -2.31. The van der Waals surface area contributed by atoms with E-state index >= 15 is 0 Å². The summed E-state index contributed by atoms with van der Waals surface area (Å²) in [5.41, 5.74) is 0. The van der Waals surface area contributed by atoms with E-state index in [1.165, 1.54) is 0 Å². The minimum Gasteiger partial charge on any atom is -0.520 e. The fraction of sp³-hybridized carbons (Fsp3) is 0.900. The summed E-state index contributed by atoms with van der Waals surface area (Å²) in [6.07, 6.45) is 0.692. The van der Waals surface area contributed by atoms with E-state index in [4.69, 9.17) is 22.1 Å². The van der Waals surface area contributed by atoms with E-state index in [9.17, 15) is 9.59 Å². The molecule has 0 bridgehead atoms. The van der Waals surface area contributed by atoms with Gasteiger partial charge in [0, 0.05) is 25.9 Å². The summed E-state index contributed by atoms with van der Waals surface area (Å²) in [4.78, 5) is 27.2. The number of carbonyl (C=O) groups excluding carboxylic acids is 2. The van der Waals surface area contributed by atoms with Gasteiger partial charge < -0.3 is 22.1 Å². The van der Waals surface area contributed by atoms with Crippen LogP contribution in [0.2, 0.25) is 45.3 Å². The molecular formula is C20H45NO7Si3. The molecule has 0 amide bonds. The Morgan fingerprint density at radius 2 is 1.26 bits per heavy atom. The van der Waals surface area contributed by atoms with E-state index in [2.05, 4.69) is 0 Å². The lowest BCUT2D eigenvalue weighted by atomic mass is 10.2. The second-order valence-corrected chi connectivity index (χ2v) is 21.0. The van der Waals surface area contributed by atoms with Gasteiger partial charge in [0.15, 0.2) is 0 Å². The van der Waals surface area contributed by atoms with E-state index in [0.29, 0.717) is 38.8 Å². The van der Waals surface area contributed by atoms with Gasteiger partial charge >= 0.3 is 14.8 Å². The van der Waals surface area contributed by atoms with E-state index in [1.54, 1.807) is 0 Å². The summed E-state index contributed by atoms with van der Waals surface area (Å²) in [6, 6.07) is -0.0416. The standard InChI is InChI=1S/C20H45NO7Si3/c1-11-24-31(25-12-2,26-13-3)16-14-15-21(4)18(20(23)28-30(8,9)10)17-19(22)27-29(5,6)7/h18H,11-17H2,1-10H3. The summed E-state index contributed by atoms with van der Waals surface area (Å²) in [5.74, 6) is -0.720. The van der Waals surface area contributed by atoms with Crippen LogP contribution in [0, 0.1) is 0 Å². The predicted octanol–water partition coefficient (Wildman–Crippen LogP) is 3.87. The first-order chi connectivity index (χ1) is 14.2. The third-order valence-electron chi connectivity index (χ3n) is 4.08. The maximum atomic E-state index is 12.9. The van der Waals surface area contributed by atoms with Crippen LogP contribution in [0.3, 0.4) is 0 Å². The molecule has 1 atom stereocenters. The third-order valence-corrected chi connectivity index (χ3v) is 8.88. The van der Waals surface area contributed by atoms with Crippen molar-refractivity contribution in [2.24, 2.45) is 0 Å². The van der Waals surface area contributed by atoms with E-state index in [1.807, 2.05) is 72.0 Å². The Bertz CT molecular complexity index is 533. The van der Waals surface area contributed by atoms with Crippen molar-refractivity contribution in [2.45, 2.75) is 85.0 Å². The monoisotopic (exact) mass is 495 g/mol. The van der Waals surface area contributed by atoms with Crippen LogP contribution in [-0.2, 0) is 31.7 Å². The van der Waals surface area contributed by atoms with Crippen molar-refractivity contribution in [2.75, 3.05) is 33.4 Å². The van der Waals surface area contributed by atoms with Gasteiger partial charge in [-0.2, -0.15) is 0 Å². The molecule has 0 aliphatic heterocycles. The molecule has 0 N–H and O–H groups in total. The molecule has 0 aromatic heterocycles. The first-order valence-electron chi connectivity index (χ1n) is 11.3. The molecule has 0 aromatic carbocycles. The highest BCUT2D eigenvalue weighted by Crippen LogP contribution is 2.20. The first kappa shape index (κ1) is 30.4. The number of carbonyl (C=O) groups is 2. The van der Waals surface area contributed by atoms with Crippen LogP contribution in [-0.4, -0.2) is 81.7 Å².